The highest BCUT2D eigenvalue weighted by Crippen LogP contribution is 2.43. The van der Waals surface area contributed by atoms with Crippen molar-refractivity contribution in [3.63, 3.8) is 0 Å². The number of imidazole rings is 1. The third kappa shape index (κ3) is 3.63. The Morgan fingerprint density at radius 2 is 1.74 bits per heavy atom. The summed E-state index contributed by atoms with van der Waals surface area (Å²) in [7, 11) is 0. The van der Waals surface area contributed by atoms with Gasteiger partial charge in [-0.25, -0.2) is 4.98 Å². The highest BCUT2D eigenvalue weighted by atomic mass is 16.5. The van der Waals surface area contributed by atoms with E-state index in [1.807, 2.05) is 66.7 Å². The van der Waals surface area contributed by atoms with Crippen LogP contribution in [0.25, 0.3) is 21.8 Å². The number of hydrogen-bond acceptors (Lipinski definition) is 4. The summed E-state index contributed by atoms with van der Waals surface area (Å²) in [6, 6.07) is 21.4. The van der Waals surface area contributed by atoms with E-state index >= 15 is 0 Å². The number of esters is 1. The zero-order valence-corrected chi connectivity index (χ0v) is 19.6. The fraction of sp³-hybridized carbons (Fsp3) is 0.321. The predicted molar refractivity (Wildman–Crippen MR) is 134 cm³/mol. The fourth-order valence-electron chi connectivity index (χ4n) is 5.07. The Bertz CT molecular complexity index is 1350. The van der Waals surface area contributed by atoms with Gasteiger partial charge in [0.25, 0.3) is 0 Å². The Hall–Kier alpha value is -3.67. The van der Waals surface area contributed by atoms with Gasteiger partial charge >= 0.3 is 5.97 Å². The molecule has 34 heavy (non-hydrogen) atoms. The first kappa shape index (κ1) is 22.1. The summed E-state index contributed by atoms with van der Waals surface area (Å²) in [5, 5.41) is 2.08. The molecule has 0 aliphatic carbocycles. The molecule has 1 aromatic heterocycles. The molecule has 0 bridgehead atoms. The second kappa shape index (κ2) is 9.29. The van der Waals surface area contributed by atoms with E-state index in [1.54, 1.807) is 11.8 Å². The maximum absolute atomic E-state index is 14.0. The minimum absolute atomic E-state index is 0.220. The number of hydrogen-bond donors (Lipinski definition) is 0. The molecule has 1 aliphatic rings. The number of carbonyl (C=O) groups excluding carboxylic acids is 2. The molecule has 0 N–H and O–H groups in total. The van der Waals surface area contributed by atoms with Gasteiger partial charge in [0.2, 0.25) is 11.9 Å². The SMILES string of the molecule is CCCCCN1C(=O)C(C(=O)OCC)C(c2cccc3ccccc23)n2c1nc1ccccc12. The van der Waals surface area contributed by atoms with E-state index in [-0.39, 0.29) is 12.5 Å². The predicted octanol–water partition coefficient (Wildman–Crippen LogP) is 5.50. The second-order valence-corrected chi connectivity index (χ2v) is 8.71. The number of aromatic nitrogens is 2. The molecule has 1 aliphatic heterocycles. The zero-order valence-electron chi connectivity index (χ0n) is 19.6. The Kier molecular flexibility index (Phi) is 6.05. The lowest BCUT2D eigenvalue weighted by molar-refractivity contribution is -0.153. The van der Waals surface area contributed by atoms with Gasteiger partial charge in [0.1, 0.15) is 0 Å². The van der Waals surface area contributed by atoms with Crippen molar-refractivity contribution >= 4 is 39.6 Å². The Morgan fingerprint density at radius 3 is 2.56 bits per heavy atom. The van der Waals surface area contributed by atoms with Crippen LogP contribution in [0.4, 0.5) is 5.95 Å². The number of rotatable bonds is 7. The molecule has 2 atom stereocenters. The van der Waals surface area contributed by atoms with E-state index in [1.165, 1.54) is 0 Å². The Balaban J connectivity index is 1.79. The maximum Gasteiger partial charge on any atom is 0.321 e. The van der Waals surface area contributed by atoms with Gasteiger partial charge in [-0.3, -0.25) is 14.5 Å². The van der Waals surface area contributed by atoms with Gasteiger partial charge in [-0.2, -0.15) is 0 Å². The molecule has 3 aromatic carbocycles. The minimum Gasteiger partial charge on any atom is -0.465 e. The van der Waals surface area contributed by atoms with Gasteiger partial charge in [-0.1, -0.05) is 74.4 Å². The van der Waals surface area contributed by atoms with Crippen molar-refractivity contribution in [2.45, 2.75) is 39.2 Å². The van der Waals surface area contributed by atoms with Gasteiger partial charge < -0.3 is 9.30 Å². The molecular formula is C28H29N3O3. The lowest BCUT2D eigenvalue weighted by Gasteiger charge is -2.38. The number of benzene rings is 3. The molecule has 0 saturated heterocycles. The molecule has 1 amide bonds. The quantitative estimate of drug-likeness (QED) is 0.210. The van der Waals surface area contributed by atoms with Crippen LogP contribution in [0.15, 0.2) is 66.7 Å². The first-order chi connectivity index (χ1) is 16.7. The molecule has 5 rings (SSSR count). The summed E-state index contributed by atoms with van der Waals surface area (Å²) in [4.78, 5) is 33.9. The van der Waals surface area contributed by atoms with Crippen molar-refractivity contribution in [2.24, 2.45) is 5.92 Å². The maximum atomic E-state index is 14.0. The van der Waals surface area contributed by atoms with Gasteiger partial charge in [0, 0.05) is 6.54 Å². The summed E-state index contributed by atoms with van der Waals surface area (Å²) in [6.45, 7) is 4.65. The smallest absolute Gasteiger partial charge is 0.321 e. The molecule has 2 heterocycles. The number of unbranched alkanes of at least 4 members (excludes halogenated alkanes) is 2. The van der Waals surface area contributed by atoms with Gasteiger partial charge in [0.15, 0.2) is 5.92 Å². The van der Waals surface area contributed by atoms with E-state index in [0.717, 1.165) is 46.6 Å². The average Bonchev–Trinajstić information content (AvgIpc) is 3.24. The Labute approximate surface area is 199 Å². The lowest BCUT2D eigenvalue weighted by atomic mass is 9.86. The minimum atomic E-state index is -0.988. The van der Waals surface area contributed by atoms with Crippen molar-refractivity contribution < 1.29 is 14.3 Å². The van der Waals surface area contributed by atoms with Crippen LogP contribution in [0.5, 0.6) is 0 Å². The summed E-state index contributed by atoms with van der Waals surface area (Å²) in [5.74, 6) is -1.12. The van der Waals surface area contributed by atoms with E-state index in [0.29, 0.717) is 12.5 Å². The third-order valence-electron chi connectivity index (χ3n) is 6.61. The van der Waals surface area contributed by atoms with Crippen molar-refractivity contribution in [1.29, 1.82) is 0 Å². The van der Waals surface area contributed by atoms with E-state index < -0.39 is 17.9 Å². The van der Waals surface area contributed by atoms with E-state index in [9.17, 15) is 9.59 Å². The van der Waals surface area contributed by atoms with E-state index in [4.69, 9.17) is 9.72 Å². The lowest BCUT2D eigenvalue weighted by Crippen LogP contribution is -2.50. The molecule has 6 nitrogen and oxygen atoms in total. The molecule has 0 spiro atoms. The van der Waals surface area contributed by atoms with Crippen LogP contribution in [-0.4, -0.2) is 34.6 Å². The molecule has 2 unspecified atom stereocenters. The Morgan fingerprint density at radius 1 is 0.971 bits per heavy atom. The normalized spacial score (nSPS) is 17.8. The average molecular weight is 456 g/mol. The van der Waals surface area contributed by atoms with Crippen LogP contribution >= 0.6 is 0 Å². The van der Waals surface area contributed by atoms with Crippen LogP contribution in [0, 0.1) is 5.92 Å². The monoisotopic (exact) mass is 455 g/mol. The molecule has 4 aromatic rings. The fourth-order valence-corrected chi connectivity index (χ4v) is 5.07. The topological polar surface area (TPSA) is 64.4 Å². The van der Waals surface area contributed by atoms with Crippen LogP contribution in [-0.2, 0) is 14.3 Å². The van der Waals surface area contributed by atoms with Crippen molar-refractivity contribution in [2.75, 3.05) is 18.1 Å². The number of para-hydroxylation sites is 2. The summed E-state index contributed by atoms with van der Waals surface area (Å²) < 4.78 is 7.55. The first-order valence-electron chi connectivity index (χ1n) is 12.1. The van der Waals surface area contributed by atoms with Crippen LogP contribution in [0.2, 0.25) is 0 Å². The molecule has 6 heteroatoms. The number of amides is 1. The molecule has 0 fully saturated rings. The van der Waals surface area contributed by atoms with Crippen LogP contribution in [0.3, 0.4) is 0 Å². The first-order valence-corrected chi connectivity index (χ1v) is 12.1. The van der Waals surface area contributed by atoms with Crippen molar-refractivity contribution in [3.05, 3.63) is 72.3 Å². The highest BCUT2D eigenvalue weighted by Gasteiger charge is 2.48. The van der Waals surface area contributed by atoms with Crippen molar-refractivity contribution in [1.82, 2.24) is 9.55 Å². The zero-order chi connectivity index (χ0) is 23.7. The van der Waals surface area contributed by atoms with Crippen LogP contribution < -0.4 is 4.90 Å². The number of anilines is 1. The summed E-state index contributed by atoms with van der Waals surface area (Å²) in [5.41, 5.74) is 2.63. The molecule has 0 radical (unpaired) electrons. The number of fused-ring (bicyclic) bond motifs is 4. The summed E-state index contributed by atoms with van der Waals surface area (Å²) in [6.07, 6.45) is 2.89. The second-order valence-electron chi connectivity index (χ2n) is 8.71. The van der Waals surface area contributed by atoms with Crippen LogP contribution in [0.1, 0.15) is 44.7 Å². The van der Waals surface area contributed by atoms with Gasteiger partial charge in [-0.15, -0.1) is 0 Å². The largest absolute Gasteiger partial charge is 0.465 e. The summed E-state index contributed by atoms with van der Waals surface area (Å²) >= 11 is 0. The number of ether oxygens (including phenoxy) is 1. The number of nitrogens with zero attached hydrogens (tertiary/aromatic N) is 3. The van der Waals surface area contributed by atoms with Gasteiger partial charge in [-0.05, 0) is 41.8 Å². The standard InChI is InChI=1S/C28H29N3O3/c1-3-5-10-18-30-26(32)24(27(33)34-4-2)25(21-15-11-13-19-12-6-7-14-20(19)21)31-23-17-9-8-16-22(23)29-28(30)31/h6-9,11-17,24-25H,3-5,10,18H2,1-2H3. The third-order valence-corrected chi connectivity index (χ3v) is 6.61. The van der Waals surface area contributed by atoms with Crippen molar-refractivity contribution in [3.8, 4) is 0 Å². The number of carbonyl (C=O) groups is 2. The van der Waals surface area contributed by atoms with Gasteiger partial charge in [0.05, 0.1) is 23.7 Å². The molecule has 0 saturated carbocycles. The molecular weight excluding hydrogens is 426 g/mol. The highest BCUT2D eigenvalue weighted by molar-refractivity contribution is 6.09. The van der Waals surface area contributed by atoms with E-state index in [2.05, 4.69) is 11.5 Å². The molecule has 174 valence electrons.